The predicted molar refractivity (Wildman–Crippen MR) is 62.2 cm³/mol. The molecular weight excluding hydrogens is 174 g/mol. The lowest BCUT2D eigenvalue weighted by atomic mass is 9.85. The molecule has 0 aromatic rings. The van der Waals surface area contributed by atoms with Gasteiger partial charge in [0.1, 0.15) is 0 Å². The summed E-state index contributed by atoms with van der Waals surface area (Å²) in [6.45, 7) is 9.51. The van der Waals surface area contributed by atoms with Crippen molar-refractivity contribution in [3.05, 3.63) is 0 Å². The second kappa shape index (κ2) is 8.25. The summed E-state index contributed by atoms with van der Waals surface area (Å²) in [5.74, 6) is 0. The summed E-state index contributed by atoms with van der Waals surface area (Å²) < 4.78 is 0. The molecule has 0 saturated heterocycles. The second-order valence-electron chi connectivity index (χ2n) is 4.07. The number of hydrogen-bond acceptors (Lipinski definition) is 2. The Kier molecular flexibility index (Phi) is 8.20. The Morgan fingerprint density at radius 2 is 1.29 bits per heavy atom. The van der Waals surface area contributed by atoms with Gasteiger partial charge in [0.25, 0.3) is 0 Å². The van der Waals surface area contributed by atoms with E-state index in [1.54, 1.807) is 0 Å². The lowest BCUT2D eigenvalue weighted by Crippen LogP contribution is -2.45. The van der Waals surface area contributed by atoms with Crippen LogP contribution >= 0.6 is 0 Å². The van der Waals surface area contributed by atoms with Gasteiger partial charge in [-0.05, 0) is 26.2 Å². The van der Waals surface area contributed by atoms with Gasteiger partial charge in [0.15, 0.2) is 0 Å². The Morgan fingerprint density at radius 1 is 0.857 bits per heavy atom. The molecule has 0 aliphatic heterocycles. The van der Waals surface area contributed by atoms with Crippen LogP contribution in [0.15, 0.2) is 0 Å². The van der Waals surface area contributed by atoms with E-state index in [1.165, 1.54) is 38.5 Å². The largest absolute Gasteiger partial charge is 0.302 e. The summed E-state index contributed by atoms with van der Waals surface area (Å²) in [5, 5.41) is 0. The highest BCUT2D eigenvalue weighted by molar-refractivity contribution is 4.83. The van der Waals surface area contributed by atoms with E-state index in [0.717, 1.165) is 6.61 Å². The fourth-order valence-corrected chi connectivity index (χ4v) is 2.19. The molecule has 0 aliphatic rings. The van der Waals surface area contributed by atoms with Crippen LogP contribution in [0.4, 0.5) is 0 Å². The molecule has 14 heavy (non-hydrogen) atoms. The number of hydrogen-bond donors (Lipinski definition) is 1. The van der Waals surface area contributed by atoms with Gasteiger partial charge in [-0.15, -0.1) is 0 Å². The van der Waals surface area contributed by atoms with Gasteiger partial charge in [-0.3, -0.25) is 0 Å². The minimum absolute atomic E-state index is 0.230. The molecule has 86 valence electrons. The van der Waals surface area contributed by atoms with Crippen molar-refractivity contribution >= 4 is 0 Å². The van der Waals surface area contributed by atoms with Crippen LogP contribution in [0.3, 0.4) is 0 Å². The Hall–Kier alpha value is -0.0800. The van der Waals surface area contributed by atoms with Crippen LogP contribution < -0.4 is 5.48 Å². The summed E-state index contributed by atoms with van der Waals surface area (Å²) >= 11 is 0. The van der Waals surface area contributed by atoms with Crippen molar-refractivity contribution in [3.63, 3.8) is 0 Å². The first-order valence-corrected chi connectivity index (χ1v) is 6.13. The van der Waals surface area contributed by atoms with Crippen LogP contribution in [0, 0.1) is 0 Å². The van der Waals surface area contributed by atoms with Crippen LogP contribution in [-0.2, 0) is 4.84 Å². The topological polar surface area (TPSA) is 21.3 Å². The first-order valence-electron chi connectivity index (χ1n) is 6.13. The second-order valence-corrected chi connectivity index (χ2v) is 4.07. The van der Waals surface area contributed by atoms with Crippen LogP contribution in [0.25, 0.3) is 0 Å². The average molecular weight is 201 g/mol. The zero-order valence-electron chi connectivity index (χ0n) is 10.4. The molecule has 0 atom stereocenters. The molecule has 0 amide bonds. The standard InChI is InChI=1S/C12H27NO/c1-5-9-12(10-6-2,11-7-3)13-14-8-4/h13H,5-11H2,1-4H3. The minimum atomic E-state index is 0.230. The summed E-state index contributed by atoms with van der Waals surface area (Å²) in [5.41, 5.74) is 3.52. The first kappa shape index (κ1) is 13.9. The monoisotopic (exact) mass is 201 g/mol. The molecular formula is C12H27NO. The lowest BCUT2D eigenvalue weighted by Gasteiger charge is -2.33. The molecule has 0 aromatic carbocycles. The van der Waals surface area contributed by atoms with Crippen molar-refractivity contribution < 1.29 is 4.84 Å². The van der Waals surface area contributed by atoms with Gasteiger partial charge < -0.3 is 4.84 Å². The highest BCUT2D eigenvalue weighted by atomic mass is 16.6. The Bertz CT molecular complexity index is 108. The fourth-order valence-electron chi connectivity index (χ4n) is 2.19. The Morgan fingerprint density at radius 3 is 1.57 bits per heavy atom. The van der Waals surface area contributed by atoms with E-state index < -0.39 is 0 Å². The van der Waals surface area contributed by atoms with E-state index in [1.807, 2.05) is 6.92 Å². The smallest absolute Gasteiger partial charge is 0.0654 e. The zero-order valence-corrected chi connectivity index (χ0v) is 10.4. The molecule has 0 aliphatic carbocycles. The summed E-state index contributed by atoms with van der Waals surface area (Å²) in [7, 11) is 0. The summed E-state index contributed by atoms with van der Waals surface area (Å²) in [6, 6.07) is 0. The number of hydroxylamine groups is 1. The average Bonchev–Trinajstić information content (AvgIpc) is 2.16. The quantitative estimate of drug-likeness (QED) is 0.575. The Labute approximate surface area is 89.4 Å². The zero-order chi connectivity index (χ0) is 10.9. The molecule has 0 aromatic heterocycles. The van der Waals surface area contributed by atoms with Gasteiger partial charge in [-0.25, -0.2) is 0 Å². The van der Waals surface area contributed by atoms with Crippen molar-refractivity contribution in [2.24, 2.45) is 0 Å². The van der Waals surface area contributed by atoms with Crippen LogP contribution in [0.5, 0.6) is 0 Å². The molecule has 0 spiro atoms. The molecule has 0 bridgehead atoms. The van der Waals surface area contributed by atoms with E-state index in [2.05, 4.69) is 26.3 Å². The summed E-state index contributed by atoms with van der Waals surface area (Å²) in [6.07, 6.45) is 7.32. The predicted octanol–water partition coefficient (Wildman–Crippen LogP) is 3.67. The highest BCUT2D eigenvalue weighted by Gasteiger charge is 2.27. The maximum absolute atomic E-state index is 5.41. The number of nitrogens with one attached hydrogen (secondary N) is 1. The fraction of sp³-hybridized carbons (Fsp3) is 1.00. The highest BCUT2D eigenvalue weighted by Crippen LogP contribution is 2.25. The van der Waals surface area contributed by atoms with Gasteiger partial charge in [-0.1, -0.05) is 40.0 Å². The first-order chi connectivity index (χ1) is 6.74. The molecule has 2 nitrogen and oxygen atoms in total. The van der Waals surface area contributed by atoms with Crippen molar-refractivity contribution in [1.29, 1.82) is 0 Å². The van der Waals surface area contributed by atoms with Gasteiger partial charge in [-0.2, -0.15) is 5.48 Å². The molecule has 0 unspecified atom stereocenters. The molecule has 2 heteroatoms. The maximum atomic E-state index is 5.41. The third-order valence-corrected chi connectivity index (χ3v) is 2.62. The van der Waals surface area contributed by atoms with Gasteiger partial charge >= 0.3 is 0 Å². The minimum Gasteiger partial charge on any atom is -0.302 e. The Balaban J connectivity index is 4.21. The van der Waals surface area contributed by atoms with Gasteiger partial charge in [0, 0.05) is 5.54 Å². The van der Waals surface area contributed by atoms with Crippen LogP contribution in [-0.4, -0.2) is 12.1 Å². The van der Waals surface area contributed by atoms with Crippen molar-refractivity contribution in [2.45, 2.75) is 71.8 Å². The molecule has 0 heterocycles. The van der Waals surface area contributed by atoms with Crippen molar-refractivity contribution in [2.75, 3.05) is 6.61 Å². The lowest BCUT2D eigenvalue weighted by molar-refractivity contribution is -0.0286. The van der Waals surface area contributed by atoms with Crippen molar-refractivity contribution in [1.82, 2.24) is 5.48 Å². The normalized spacial score (nSPS) is 12.0. The molecule has 0 saturated carbocycles. The van der Waals surface area contributed by atoms with E-state index in [9.17, 15) is 0 Å². The summed E-state index contributed by atoms with van der Waals surface area (Å²) in [4.78, 5) is 5.41. The van der Waals surface area contributed by atoms with E-state index in [0.29, 0.717) is 0 Å². The van der Waals surface area contributed by atoms with Crippen molar-refractivity contribution in [3.8, 4) is 0 Å². The van der Waals surface area contributed by atoms with Crippen LogP contribution in [0.1, 0.15) is 66.2 Å². The third-order valence-electron chi connectivity index (χ3n) is 2.62. The van der Waals surface area contributed by atoms with Crippen LogP contribution in [0.2, 0.25) is 0 Å². The third kappa shape index (κ3) is 4.97. The van der Waals surface area contributed by atoms with Gasteiger partial charge in [0.05, 0.1) is 6.61 Å². The van der Waals surface area contributed by atoms with E-state index in [-0.39, 0.29) is 5.54 Å². The molecule has 0 fully saturated rings. The van der Waals surface area contributed by atoms with Gasteiger partial charge in [0.2, 0.25) is 0 Å². The van der Waals surface area contributed by atoms with E-state index >= 15 is 0 Å². The number of rotatable bonds is 9. The molecule has 0 radical (unpaired) electrons. The van der Waals surface area contributed by atoms with E-state index in [4.69, 9.17) is 4.84 Å². The maximum Gasteiger partial charge on any atom is 0.0654 e. The molecule has 0 rings (SSSR count). The molecule has 1 N–H and O–H groups in total. The SMILES string of the molecule is CCCC(CCC)(CCC)NOCC.